The van der Waals surface area contributed by atoms with Gasteiger partial charge in [0.1, 0.15) is 17.5 Å². The molecule has 476 valence electrons. The van der Waals surface area contributed by atoms with Crippen LogP contribution < -0.4 is 33.6 Å². The summed E-state index contributed by atoms with van der Waals surface area (Å²) in [5.74, 6) is 0.172. The average molecular weight is 1260 g/mol. The quantitative estimate of drug-likeness (QED) is 0.0407. The van der Waals surface area contributed by atoms with Gasteiger partial charge >= 0.3 is 5.97 Å². The molecule has 0 fully saturated rings. The van der Waals surface area contributed by atoms with Gasteiger partial charge in [-0.3, -0.25) is 39.5 Å². The molecular formula is C72H71N15O7. The SMILES string of the molecule is Cc1nc(N)ccc1CN.Cc1nc(N)ccc1CNC(=O)c1ccnc(Cc2ccc3ncc(CO)cc3c2)c1.Cc1nc(N)ccc1CNC(=O)c1ccnc(Cc2ccc3ncc(CO)cc3c2)c1.O=C(O)c1ccnc(Cc2ccc3ncc(CO)cc3c2)c1. The summed E-state index contributed by atoms with van der Waals surface area (Å²) in [5.41, 5.74) is 39.3. The molecule has 0 aliphatic heterocycles. The number of aromatic nitrogens is 9. The standard InChI is InChI=1S/2C24H23N5O2.C17H14N2O3.C7H11N3/c2*1-15-19(3-5-23(25)29-15)13-28-24(31)18-6-7-26-21(11-18)10-16-2-4-22-20(8-16)9-17(14-30)12-27-22;20-10-12-6-14-5-11(1-2-16(14)19-9-12)7-15-8-13(17(21)22)3-4-18-15;1-5-6(4-8)2-3-7(9)10-5/h2*2-9,11-12,30H,10,13-14H2,1H3,(H2,25,29)(H,28,31);1-6,8-9,20H,7,10H2,(H,21,22);2-3H,4,8H2,1H3,(H2,9,10). The zero-order valence-corrected chi connectivity index (χ0v) is 52.0. The molecule has 12 aromatic rings. The van der Waals surface area contributed by atoms with E-state index in [1.54, 1.807) is 79.5 Å². The van der Waals surface area contributed by atoms with Crippen molar-refractivity contribution >= 4 is 67.9 Å². The van der Waals surface area contributed by atoms with Gasteiger partial charge < -0.3 is 54.0 Å². The molecule has 0 spiro atoms. The first-order valence-electron chi connectivity index (χ1n) is 29.9. The summed E-state index contributed by atoms with van der Waals surface area (Å²) in [6.45, 7) is 6.78. The molecule has 0 saturated carbocycles. The summed E-state index contributed by atoms with van der Waals surface area (Å²) in [5, 5.41) is 45.6. The van der Waals surface area contributed by atoms with Crippen molar-refractivity contribution in [1.29, 1.82) is 0 Å². The number of nitrogens with two attached hydrogens (primary N) is 4. The minimum Gasteiger partial charge on any atom is -0.478 e. The fourth-order valence-corrected chi connectivity index (χ4v) is 10.0. The molecule has 0 aliphatic rings. The van der Waals surface area contributed by atoms with Gasteiger partial charge in [-0.05, 0) is 180 Å². The van der Waals surface area contributed by atoms with Crippen LogP contribution in [-0.4, -0.2) is 83.1 Å². The van der Waals surface area contributed by atoms with Crippen LogP contribution in [0.4, 0.5) is 17.5 Å². The van der Waals surface area contributed by atoms with Gasteiger partial charge in [0.2, 0.25) is 0 Å². The normalized spacial score (nSPS) is 10.8. The summed E-state index contributed by atoms with van der Waals surface area (Å²) < 4.78 is 0. The Labute approximate surface area is 542 Å². The second kappa shape index (κ2) is 31.9. The number of carboxylic acids is 1. The first-order valence-corrected chi connectivity index (χ1v) is 29.9. The van der Waals surface area contributed by atoms with Crippen LogP contribution in [0.15, 0.2) is 183 Å². The number of aryl methyl sites for hydroxylation is 3. The number of amides is 2. The number of carboxylic acid groups (broad SMARTS) is 1. The first-order chi connectivity index (χ1) is 45.4. The van der Waals surface area contributed by atoms with Crippen LogP contribution in [0.1, 0.15) is 115 Å². The lowest BCUT2D eigenvalue weighted by atomic mass is 10.0. The Morgan fingerprint density at radius 2 is 0.713 bits per heavy atom. The number of aliphatic hydroxyl groups is 3. The van der Waals surface area contributed by atoms with Crippen LogP contribution in [0.5, 0.6) is 0 Å². The van der Waals surface area contributed by atoms with Crippen molar-refractivity contribution in [2.75, 3.05) is 17.2 Å². The molecule has 3 aromatic carbocycles. The van der Waals surface area contributed by atoms with Crippen LogP contribution in [0, 0.1) is 20.8 Å². The van der Waals surface area contributed by atoms with E-state index in [0.29, 0.717) is 73.2 Å². The fourth-order valence-electron chi connectivity index (χ4n) is 10.0. The van der Waals surface area contributed by atoms with Crippen molar-refractivity contribution in [3.8, 4) is 0 Å². The number of aromatic carboxylic acids is 1. The Morgan fingerprint density at radius 3 is 1.03 bits per heavy atom. The summed E-state index contributed by atoms with van der Waals surface area (Å²) in [4.78, 5) is 74.8. The van der Waals surface area contributed by atoms with Crippen molar-refractivity contribution in [2.24, 2.45) is 5.73 Å². The number of carbonyl (C=O) groups excluding carboxylic acids is 2. The summed E-state index contributed by atoms with van der Waals surface area (Å²) in [6, 6.07) is 44.5. The average Bonchev–Trinajstić information content (AvgIpc) is 1.42. The number of nitrogens with one attached hydrogen (secondary N) is 2. The van der Waals surface area contributed by atoms with E-state index < -0.39 is 5.97 Å². The largest absolute Gasteiger partial charge is 0.478 e. The number of hydrogen-bond donors (Lipinski definition) is 10. The van der Waals surface area contributed by atoms with E-state index >= 15 is 0 Å². The molecule has 22 heteroatoms. The van der Waals surface area contributed by atoms with Gasteiger partial charge in [-0.25, -0.2) is 19.7 Å². The molecule has 0 bridgehead atoms. The number of fused-ring (bicyclic) bond motifs is 3. The molecule has 0 saturated heterocycles. The van der Waals surface area contributed by atoms with Gasteiger partial charge in [-0.15, -0.1) is 0 Å². The number of rotatable bonds is 17. The van der Waals surface area contributed by atoms with E-state index in [0.717, 1.165) is 111 Å². The van der Waals surface area contributed by atoms with Gasteiger partial charge in [-0.1, -0.05) is 36.4 Å². The molecule has 0 unspecified atom stereocenters. The topological polar surface area (TPSA) is 376 Å². The third-order valence-electron chi connectivity index (χ3n) is 15.1. The smallest absolute Gasteiger partial charge is 0.335 e. The molecule has 12 rings (SSSR count). The highest BCUT2D eigenvalue weighted by atomic mass is 16.4. The molecular weight excluding hydrogens is 1190 g/mol. The second-order valence-corrected chi connectivity index (χ2v) is 22.0. The predicted octanol–water partition coefficient (Wildman–Crippen LogP) is 8.70. The van der Waals surface area contributed by atoms with Crippen molar-refractivity contribution in [1.82, 2.24) is 55.5 Å². The first kappa shape index (κ1) is 66.8. The highest BCUT2D eigenvalue weighted by molar-refractivity contribution is 5.95. The number of hydrogen-bond acceptors (Lipinski definition) is 19. The fraction of sp³-hybridized carbons (Fsp3) is 0.167. The van der Waals surface area contributed by atoms with E-state index in [-0.39, 0.29) is 37.2 Å². The number of carbonyl (C=O) groups is 3. The van der Waals surface area contributed by atoms with Crippen molar-refractivity contribution in [2.45, 2.75) is 79.5 Å². The van der Waals surface area contributed by atoms with Crippen LogP contribution in [-0.2, 0) is 58.7 Å². The highest BCUT2D eigenvalue weighted by Crippen LogP contribution is 2.22. The Balaban J connectivity index is 0.000000156. The lowest BCUT2D eigenvalue weighted by Gasteiger charge is -2.09. The molecule has 94 heavy (non-hydrogen) atoms. The van der Waals surface area contributed by atoms with Crippen LogP contribution in [0.25, 0.3) is 32.7 Å². The number of nitrogen functional groups attached to an aromatic ring is 3. The monoisotopic (exact) mass is 1260 g/mol. The van der Waals surface area contributed by atoms with Gasteiger partial charge in [-0.2, -0.15) is 0 Å². The number of benzene rings is 3. The summed E-state index contributed by atoms with van der Waals surface area (Å²) in [6.07, 6.45) is 11.5. The van der Waals surface area contributed by atoms with E-state index in [4.69, 9.17) is 28.0 Å². The molecule has 0 radical (unpaired) electrons. The van der Waals surface area contributed by atoms with Crippen LogP contribution in [0.2, 0.25) is 0 Å². The number of pyridine rings is 9. The molecule has 0 aliphatic carbocycles. The van der Waals surface area contributed by atoms with Gasteiger partial charge in [0.15, 0.2) is 0 Å². The molecule has 0 atom stereocenters. The third kappa shape index (κ3) is 18.5. The van der Waals surface area contributed by atoms with E-state index in [9.17, 15) is 29.7 Å². The Hall–Kier alpha value is -11.6. The molecule has 9 aromatic heterocycles. The van der Waals surface area contributed by atoms with Crippen LogP contribution in [0.3, 0.4) is 0 Å². The minimum atomic E-state index is -0.959. The second-order valence-electron chi connectivity index (χ2n) is 22.0. The zero-order valence-electron chi connectivity index (χ0n) is 52.0. The van der Waals surface area contributed by atoms with Gasteiger partial charge in [0, 0.05) is 138 Å². The Morgan fingerprint density at radius 1 is 0.394 bits per heavy atom. The Kier molecular flexibility index (Phi) is 22.7. The molecule has 2 amide bonds. The lowest BCUT2D eigenvalue weighted by Crippen LogP contribution is -2.23. The van der Waals surface area contributed by atoms with Crippen molar-refractivity contribution in [3.05, 3.63) is 284 Å². The Bertz CT molecular complexity index is 4490. The van der Waals surface area contributed by atoms with Gasteiger partial charge in [0.25, 0.3) is 11.8 Å². The van der Waals surface area contributed by atoms with E-state index in [1.807, 2.05) is 112 Å². The molecule has 22 nitrogen and oxygen atoms in total. The van der Waals surface area contributed by atoms with Crippen molar-refractivity contribution in [3.63, 3.8) is 0 Å². The molecule has 9 heterocycles. The van der Waals surface area contributed by atoms with E-state index in [2.05, 4.69) is 55.5 Å². The van der Waals surface area contributed by atoms with Gasteiger partial charge in [0.05, 0.1) is 41.9 Å². The predicted molar refractivity (Wildman–Crippen MR) is 361 cm³/mol. The minimum absolute atomic E-state index is 0.0438. The highest BCUT2D eigenvalue weighted by Gasteiger charge is 2.13. The number of nitrogens with zero attached hydrogens (tertiary/aromatic N) is 9. The number of anilines is 3. The van der Waals surface area contributed by atoms with Crippen LogP contribution >= 0.6 is 0 Å². The summed E-state index contributed by atoms with van der Waals surface area (Å²) in [7, 11) is 0. The summed E-state index contributed by atoms with van der Waals surface area (Å²) >= 11 is 0. The maximum Gasteiger partial charge on any atom is 0.335 e. The maximum absolute atomic E-state index is 12.6. The van der Waals surface area contributed by atoms with Crippen molar-refractivity contribution < 1.29 is 34.8 Å². The molecule has 14 N–H and O–H groups in total. The lowest BCUT2D eigenvalue weighted by molar-refractivity contribution is 0.0695. The maximum atomic E-state index is 12.6. The zero-order chi connectivity index (χ0) is 66.7. The van der Waals surface area contributed by atoms with E-state index in [1.165, 1.54) is 12.3 Å². The third-order valence-corrected chi connectivity index (χ3v) is 15.1. The number of aliphatic hydroxyl groups excluding tert-OH is 3.